The van der Waals surface area contributed by atoms with Crippen LogP contribution in [0, 0.1) is 11.7 Å². The summed E-state index contributed by atoms with van der Waals surface area (Å²) in [6.45, 7) is 0. The molecule has 11 heteroatoms. The summed E-state index contributed by atoms with van der Waals surface area (Å²) in [6.07, 6.45) is 0. The Kier molecular flexibility index (Phi) is 6.41. The summed E-state index contributed by atoms with van der Waals surface area (Å²) in [4.78, 5) is 35.9. The van der Waals surface area contributed by atoms with E-state index in [0.717, 1.165) is 7.11 Å². The molecule has 0 amide bonds. The standard InChI is InChI=1S/C17H15F3O7Se/c1-24-8-5-7-10(6-9(8)25-2)28-14(12(7)18)13(21)11(15(22)26-3)17(19,20)16(23)27-4/h5-6,11H,1-4H3. The number of carbonyl (C=O) groups excluding carboxylic acids is 3. The first-order chi connectivity index (χ1) is 13.1. The van der Waals surface area contributed by atoms with E-state index in [9.17, 15) is 27.6 Å². The Bertz CT molecular complexity index is 938. The third-order valence-corrected chi connectivity index (χ3v) is 6.27. The molecule has 0 bridgehead atoms. The van der Waals surface area contributed by atoms with Crippen molar-refractivity contribution in [3.63, 3.8) is 0 Å². The van der Waals surface area contributed by atoms with Crippen LogP contribution in [-0.2, 0) is 19.1 Å². The van der Waals surface area contributed by atoms with Crippen molar-refractivity contribution >= 4 is 41.9 Å². The van der Waals surface area contributed by atoms with Gasteiger partial charge in [-0.1, -0.05) is 0 Å². The Hall–Kier alpha value is -2.52. The summed E-state index contributed by atoms with van der Waals surface area (Å²) in [7, 11) is 4.11. The van der Waals surface area contributed by atoms with Gasteiger partial charge in [-0.3, -0.25) is 0 Å². The number of ketones is 1. The SMILES string of the molecule is COC(=O)C(C(=O)c1[se]c2cc(OC)c(OC)cc2c1F)C(F)(F)C(=O)OC. The van der Waals surface area contributed by atoms with Gasteiger partial charge < -0.3 is 0 Å². The quantitative estimate of drug-likeness (QED) is 0.266. The molecule has 0 N–H and O–H groups in total. The number of Topliss-reactive ketones (excluding diaryl/α,β-unsaturated/α-hetero) is 1. The minimum absolute atomic E-state index is 0.0361. The second-order valence-corrected chi connectivity index (χ2v) is 7.59. The third kappa shape index (κ3) is 3.59. The van der Waals surface area contributed by atoms with Gasteiger partial charge in [-0.2, -0.15) is 0 Å². The van der Waals surface area contributed by atoms with Gasteiger partial charge in [0.05, 0.1) is 0 Å². The summed E-state index contributed by atoms with van der Waals surface area (Å²) in [5, 5.41) is -0.0361. The average molecular weight is 467 g/mol. The van der Waals surface area contributed by atoms with Crippen LogP contribution in [0.3, 0.4) is 0 Å². The fraction of sp³-hybridized carbons (Fsp3) is 0.353. The summed E-state index contributed by atoms with van der Waals surface area (Å²) in [5.74, 6) is -13.4. The minimum atomic E-state index is -4.54. The molecule has 2 rings (SSSR count). The zero-order valence-corrected chi connectivity index (χ0v) is 16.8. The summed E-state index contributed by atoms with van der Waals surface area (Å²) >= 11 is -1.06. The zero-order chi connectivity index (χ0) is 21.2. The number of benzene rings is 1. The van der Waals surface area contributed by atoms with Crippen molar-refractivity contribution in [3.05, 3.63) is 22.4 Å². The van der Waals surface area contributed by atoms with Crippen LogP contribution in [0.15, 0.2) is 12.1 Å². The molecule has 0 fully saturated rings. The summed E-state index contributed by atoms with van der Waals surface area (Å²) in [5.41, 5.74) is 0. The van der Waals surface area contributed by atoms with E-state index in [1.54, 1.807) is 0 Å². The number of esters is 2. The van der Waals surface area contributed by atoms with Gasteiger partial charge in [0.2, 0.25) is 0 Å². The first-order valence-electron chi connectivity index (χ1n) is 7.56. The van der Waals surface area contributed by atoms with Crippen molar-refractivity contribution in [2.24, 2.45) is 5.92 Å². The van der Waals surface area contributed by atoms with Gasteiger partial charge in [0.25, 0.3) is 0 Å². The fourth-order valence-electron chi connectivity index (χ4n) is 2.47. The van der Waals surface area contributed by atoms with Gasteiger partial charge in [0, 0.05) is 0 Å². The molecule has 152 valence electrons. The van der Waals surface area contributed by atoms with Crippen molar-refractivity contribution in [1.82, 2.24) is 0 Å². The molecule has 0 aliphatic rings. The van der Waals surface area contributed by atoms with Crippen molar-refractivity contribution in [2.75, 3.05) is 28.4 Å². The van der Waals surface area contributed by atoms with Crippen LogP contribution < -0.4 is 9.47 Å². The van der Waals surface area contributed by atoms with Crippen LogP contribution in [0.1, 0.15) is 9.23 Å². The van der Waals surface area contributed by atoms with Crippen LogP contribution in [0.25, 0.3) is 9.65 Å². The molecule has 0 aliphatic heterocycles. The zero-order valence-electron chi connectivity index (χ0n) is 15.1. The van der Waals surface area contributed by atoms with E-state index >= 15 is 0 Å². The van der Waals surface area contributed by atoms with Crippen molar-refractivity contribution < 1.29 is 46.5 Å². The number of methoxy groups -OCH3 is 4. The Labute approximate surface area is 163 Å². The second kappa shape index (κ2) is 8.24. The topological polar surface area (TPSA) is 88.1 Å². The van der Waals surface area contributed by atoms with Crippen LogP contribution in [-0.4, -0.2) is 66.6 Å². The second-order valence-electron chi connectivity index (χ2n) is 5.38. The number of hydrogen-bond donors (Lipinski definition) is 0. The van der Waals surface area contributed by atoms with Crippen LogP contribution in [0.5, 0.6) is 11.5 Å². The Morgan fingerprint density at radius 2 is 1.57 bits per heavy atom. The van der Waals surface area contributed by atoms with E-state index in [1.807, 2.05) is 0 Å². The third-order valence-electron chi connectivity index (χ3n) is 3.88. The van der Waals surface area contributed by atoms with Gasteiger partial charge in [-0.05, 0) is 0 Å². The maximum atomic E-state index is 14.8. The molecular weight excluding hydrogens is 452 g/mol. The predicted molar refractivity (Wildman–Crippen MR) is 90.7 cm³/mol. The monoisotopic (exact) mass is 468 g/mol. The van der Waals surface area contributed by atoms with E-state index in [0.29, 0.717) is 11.4 Å². The molecule has 0 aliphatic carbocycles. The molecule has 1 aromatic heterocycles. The number of rotatable bonds is 7. The van der Waals surface area contributed by atoms with Crippen molar-refractivity contribution in [1.29, 1.82) is 0 Å². The van der Waals surface area contributed by atoms with Gasteiger partial charge in [-0.25, -0.2) is 0 Å². The van der Waals surface area contributed by atoms with Gasteiger partial charge >= 0.3 is 163 Å². The molecule has 1 atom stereocenters. The van der Waals surface area contributed by atoms with E-state index in [4.69, 9.17) is 9.47 Å². The van der Waals surface area contributed by atoms with E-state index < -0.39 is 54.3 Å². The molecule has 0 spiro atoms. The molecule has 0 radical (unpaired) electrons. The van der Waals surface area contributed by atoms with Gasteiger partial charge in [0.1, 0.15) is 0 Å². The van der Waals surface area contributed by atoms with E-state index in [-0.39, 0.29) is 16.9 Å². The summed E-state index contributed by atoms with van der Waals surface area (Å²) < 4.78 is 61.6. The van der Waals surface area contributed by atoms with Crippen LogP contribution in [0.2, 0.25) is 0 Å². The van der Waals surface area contributed by atoms with E-state index in [2.05, 4.69) is 9.47 Å². The number of ether oxygens (including phenoxy) is 4. The van der Waals surface area contributed by atoms with Crippen molar-refractivity contribution in [2.45, 2.75) is 5.92 Å². The molecule has 1 heterocycles. The number of alkyl halides is 2. The van der Waals surface area contributed by atoms with Crippen LogP contribution >= 0.6 is 0 Å². The average Bonchev–Trinajstić information content (AvgIpc) is 3.01. The number of hydrogen-bond acceptors (Lipinski definition) is 7. The number of carbonyl (C=O) groups is 3. The van der Waals surface area contributed by atoms with Gasteiger partial charge in [0.15, 0.2) is 0 Å². The Morgan fingerprint density at radius 3 is 2.07 bits per heavy atom. The molecule has 1 aromatic carbocycles. The molecule has 7 nitrogen and oxygen atoms in total. The first kappa shape index (κ1) is 21.8. The maximum absolute atomic E-state index is 14.8. The molecule has 2 aromatic rings. The molecule has 28 heavy (non-hydrogen) atoms. The first-order valence-corrected chi connectivity index (χ1v) is 9.27. The molecular formula is C17H15F3O7Se. The van der Waals surface area contributed by atoms with Crippen LogP contribution in [0.4, 0.5) is 13.2 Å². The molecule has 1 unspecified atom stereocenters. The van der Waals surface area contributed by atoms with Crippen molar-refractivity contribution in [3.8, 4) is 11.5 Å². The van der Waals surface area contributed by atoms with Gasteiger partial charge in [-0.15, -0.1) is 0 Å². The Balaban J connectivity index is 2.65. The fourth-order valence-corrected chi connectivity index (χ4v) is 4.70. The number of halogens is 3. The molecule has 0 saturated carbocycles. The molecule has 0 saturated heterocycles. The number of fused-ring (bicyclic) bond motifs is 1. The Morgan fingerprint density at radius 1 is 1.00 bits per heavy atom. The van der Waals surface area contributed by atoms with E-state index in [1.165, 1.54) is 26.4 Å². The summed E-state index contributed by atoms with van der Waals surface area (Å²) in [6, 6.07) is 2.68. The normalized spacial score (nSPS) is 12.4. The predicted octanol–water partition coefficient (Wildman–Crippen LogP) is 1.83.